The molecular formula is C8H7BN2O2S. The average Bonchev–Trinajstić information content (AvgIpc) is 2.68. The first-order valence-electron chi connectivity index (χ1n) is 4.02. The Bertz CT molecular complexity index is 418. The monoisotopic (exact) mass is 206 g/mol. The summed E-state index contributed by atoms with van der Waals surface area (Å²) >= 11 is 1.15. The molecule has 0 aliphatic carbocycles. The fourth-order valence-corrected chi connectivity index (χ4v) is 1.73. The summed E-state index contributed by atoms with van der Waals surface area (Å²) in [4.78, 5) is 3.99. The third kappa shape index (κ3) is 1.82. The molecule has 4 nitrogen and oxygen atoms in total. The van der Waals surface area contributed by atoms with Crippen LogP contribution in [-0.2, 0) is 0 Å². The predicted octanol–water partition coefficient (Wildman–Crippen LogP) is -0.115. The Morgan fingerprint density at radius 1 is 1.14 bits per heavy atom. The van der Waals surface area contributed by atoms with E-state index in [0.717, 1.165) is 17.1 Å². The Morgan fingerprint density at radius 3 is 2.43 bits per heavy atom. The van der Waals surface area contributed by atoms with Gasteiger partial charge in [-0.15, -0.1) is 0 Å². The van der Waals surface area contributed by atoms with Crippen LogP contribution in [0.4, 0.5) is 0 Å². The Kier molecular flexibility index (Phi) is 2.58. The fraction of sp³-hybridized carbons (Fsp3) is 0. The Morgan fingerprint density at radius 2 is 1.86 bits per heavy atom. The van der Waals surface area contributed by atoms with Crippen molar-refractivity contribution in [3.63, 3.8) is 0 Å². The summed E-state index contributed by atoms with van der Waals surface area (Å²) in [7, 11) is -1.59. The van der Waals surface area contributed by atoms with Crippen LogP contribution in [0.5, 0.6) is 0 Å². The van der Waals surface area contributed by atoms with Crippen LogP contribution in [-0.4, -0.2) is 26.5 Å². The highest BCUT2D eigenvalue weighted by Crippen LogP contribution is 2.17. The fourth-order valence-electron chi connectivity index (χ4n) is 1.04. The van der Waals surface area contributed by atoms with Gasteiger partial charge in [0.1, 0.15) is 5.01 Å². The van der Waals surface area contributed by atoms with Crippen LogP contribution < -0.4 is 5.72 Å². The number of aromatic nitrogens is 2. The van der Waals surface area contributed by atoms with Crippen molar-refractivity contribution in [2.45, 2.75) is 0 Å². The van der Waals surface area contributed by atoms with Gasteiger partial charge in [-0.2, -0.15) is 4.37 Å². The van der Waals surface area contributed by atoms with Crippen LogP contribution in [0.1, 0.15) is 0 Å². The first kappa shape index (κ1) is 9.33. The zero-order valence-corrected chi connectivity index (χ0v) is 7.98. The van der Waals surface area contributed by atoms with Crippen LogP contribution in [0.25, 0.3) is 10.6 Å². The van der Waals surface area contributed by atoms with E-state index in [1.807, 2.05) is 30.3 Å². The maximum absolute atomic E-state index is 8.82. The highest BCUT2D eigenvalue weighted by atomic mass is 32.1. The van der Waals surface area contributed by atoms with E-state index in [-0.39, 0.29) is 5.72 Å². The molecule has 0 bridgehead atoms. The van der Waals surface area contributed by atoms with E-state index < -0.39 is 7.12 Å². The normalized spacial score (nSPS) is 10.1. The summed E-state index contributed by atoms with van der Waals surface area (Å²) in [6, 6.07) is 9.49. The van der Waals surface area contributed by atoms with Gasteiger partial charge in [0.15, 0.2) is 5.72 Å². The van der Waals surface area contributed by atoms with Gasteiger partial charge in [0.2, 0.25) is 0 Å². The van der Waals surface area contributed by atoms with Gasteiger partial charge >= 0.3 is 7.12 Å². The van der Waals surface area contributed by atoms with Gasteiger partial charge < -0.3 is 10.0 Å². The minimum Gasteiger partial charge on any atom is -0.421 e. The quantitative estimate of drug-likeness (QED) is 0.672. The maximum Gasteiger partial charge on any atom is 0.529 e. The van der Waals surface area contributed by atoms with Crippen molar-refractivity contribution >= 4 is 24.4 Å². The molecule has 2 aromatic rings. The summed E-state index contributed by atoms with van der Waals surface area (Å²) in [6.07, 6.45) is 0. The van der Waals surface area contributed by atoms with Crippen molar-refractivity contribution in [1.29, 1.82) is 0 Å². The second kappa shape index (κ2) is 3.87. The van der Waals surface area contributed by atoms with E-state index in [1.54, 1.807) is 0 Å². The smallest absolute Gasteiger partial charge is 0.421 e. The zero-order chi connectivity index (χ0) is 9.97. The molecule has 0 aliphatic rings. The van der Waals surface area contributed by atoms with E-state index in [0.29, 0.717) is 5.01 Å². The Balaban J connectivity index is 2.34. The van der Waals surface area contributed by atoms with E-state index in [9.17, 15) is 0 Å². The Hall–Kier alpha value is -1.24. The van der Waals surface area contributed by atoms with Crippen LogP contribution in [0.2, 0.25) is 0 Å². The molecule has 0 spiro atoms. The molecule has 2 rings (SSSR count). The number of rotatable bonds is 2. The van der Waals surface area contributed by atoms with Crippen LogP contribution >= 0.6 is 11.5 Å². The molecule has 0 saturated heterocycles. The van der Waals surface area contributed by atoms with Gasteiger partial charge in [-0.05, 0) is 11.5 Å². The van der Waals surface area contributed by atoms with Crippen LogP contribution in [0.3, 0.4) is 0 Å². The maximum atomic E-state index is 8.82. The lowest BCUT2D eigenvalue weighted by molar-refractivity contribution is 0.423. The molecule has 0 fully saturated rings. The molecule has 0 aliphatic heterocycles. The van der Waals surface area contributed by atoms with Crippen molar-refractivity contribution in [3.05, 3.63) is 30.3 Å². The molecule has 1 heterocycles. The lowest BCUT2D eigenvalue weighted by Crippen LogP contribution is -2.32. The van der Waals surface area contributed by atoms with Gasteiger partial charge in [-0.25, -0.2) is 4.98 Å². The van der Waals surface area contributed by atoms with E-state index in [4.69, 9.17) is 10.0 Å². The number of benzene rings is 1. The van der Waals surface area contributed by atoms with Crippen molar-refractivity contribution in [2.24, 2.45) is 0 Å². The molecule has 6 heteroatoms. The molecule has 0 radical (unpaired) electrons. The molecule has 1 aromatic heterocycles. The molecular weight excluding hydrogens is 199 g/mol. The molecule has 0 saturated carbocycles. The molecule has 70 valence electrons. The largest absolute Gasteiger partial charge is 0.529 e. The first-order chi connectivity index (χ1) is 6.77. The highest BCUT2D eigenvalue weighted by Gasteiger charge is 2.17. The molecule has 0 amide bonds. The lowest BCUT2D eigenvalue weighted by Gasteiger charge is -1.92. The average molecular weight is 206 g/mol. The van der Waals surface area contributed by atoms with Crippen molar-refractivity contribution in [1.82, 2.24) is 9.36 Å². The van der Waals surface area contributed by atoms with Crippen molar-refractivity contribution in [2.75, 3.05) is 0 Å². The van der Waals surface area contributed by atoms with Gasteiger partial charge in [-0.3, -0.25) is 0 Å². The standard InChI is InChI=1S/C8H7BN2O2S/c12-9(13)8-10-7(14-11-8)6-4-2-1-3-5-6/h1-5,12-13H. The van der Waals surface area contributed by atoms with Gasteiger partial charge in [0.05, 0.1) is 0 Å². The highest BCUT2D eigenvalue weighted by molar-refractivity contribution is 7.09. The number of hydrogen-bond acceptors (Lipinski definition) is 5. The predicted molar refractivity (Wildman–Crippen MR) is 55.2 cm³/mol. The SMILES string of the molecule is OB(O)c1nsc(-c2ccccc2)n1. The minimum atomic E-state index is -1.59. The number of nitrogens with zero attached hydrogens (tertiary/aromatic N) is 2. The molecule has 14 heavy (non-hydrogen) atoms. The lowest BCUT2D eigenvalue weighted by atomic mass is 9.91. The summed E-state index contributed by atoms with van der Waals surface area (Å²) in [6.45, 7) is 0. The summed E-state index contributed by atoms with van der Waals surface area (Å²) < 4.78 is 3.82. The summed E-state index contributed by atoms with van der Waals surface area (Å²) in [5, 5.41) is 18.3. The molecule has 0 unspecified atom stereocenters. The van der Waals surface area contributed by atoms with Gasteiger partial charge in [0.25, 0.3) is 0 Å². The second-order valence-corrected chi connectivity index (χ2v) is 3.45. The minimum absolute atomic E-state index is 0.0499. The van der Waals surface area contributed by atoms with Gasteiger partial charge in [0, 0.05) is 5.56 Å². The van der Waals surface area contributed by atoms with Crippen LogP contribution in [0.15, 0.2) is 30.3 Å². The first-order valence-corrected chi connectivity index (χ1v) is 4.80. The summed E-state index contributed by atoms with van der Waals surface area (Å²) in [5.41, 5.74) is 0.978. The second-order valence-electron chi connectivity index (χ2n) is 2.70. The van der Waals surface area contributed by atoms with Gasteiger partial charge in [-0.1, -0.05) is 30.3 Å². The third-order valence-corrected chi connectivity index (χ3v) is 2.47. The zero-order valence-electron chi connectivity index (χ0n) is 7.16. The molecule has 1 aromatic carbocycles. The Labute approximate surface area is 85.2 Å². The number of hydrogen-bond donors (Lipinski definition) is 2. The summed E-state index contributed by atoms with van der Waals surface area (Å²) in [5.74, 6) is 0. The van der Waals surface area contributed by atoms with E-state index in [2.05, 4.69) is 9.36 Å². The third-order valence-electron chi connectivity index (χ3n) is 1.69. The van der Waals surface area contributed by atoms with Crippen molar-refractivity contribution in [3.8, 4) is 10.6 Å². The van der Waals surface area contributed by atoms with Crippen LogP contribution in [0, 0.1) is 0 Å². The van der Waals surface area contributed by atoms with E-state index in [1.165, 1.54) is 0 Å². The molecule has 2 N–H and O–H groups in total. The van der Waals surface area contributed by atoms with E-state index >= 15 is 0 Å². The molecule has 0 atom stereocenters. The van der Waals surface area contributed by atoms with Crippen molar-refractivity contribution < 1.29 is 10.0 Å². The topological polar surface area (TPSA) is 66.2 Å².